The second-order valence-corrected chi connectivity index (χ2v) is 5.00. The number of hydrogen-bond acceptors (Lipinski definition) is 4. The van der Waals surface area contributed by atoms with E-state index < -0.39 is 0 Å². The molecule has 0 aromatic carbocycles. The topological polar surface area (TPSA) is 53.4 Å². The van der Waals surface area contributed by atoms with Crippen LogP contribution in [-0.2, 0) is 0 Å². The first kappa shape index (κ1) is 12.4. The Kier molecular flexibility index (Phi) is 4.02. The van der Waals surface area contributed by atoms with Crippen molar-refractivity contribution in [2.24, 2.45) is 5.92 Å². The van der Waals surface area contributed by atoms with E-state index in [1.54, 1.807) is 22.9 Å². The van der Waals surface area contributed by atoms with Crippen LogP contribution < -0.4 is 0 Å². The van der Waals surface area contributed by atoms with Crippen LogP contribution in [0.15, 0.2) is 23.4 Å². The maximum Gasteiger partial charge on any atom is 0.255 e. The molecule has 0 bridgehead atoms. The highest BCUT2D eigenvalue weighted by atomic mass is 32.2. The van der Waals surface area contributed by atoms with Crippen molar-refractivity contribution in [2.45, 2.75) is 11.4 Å². The Balaban J connectivity index is 2.04. The summed E-state index contributed by atoms with van der Waals surface area (Å²) in [6.07, 6.45) is 4.47. The number of aliphatic hydroxyl groups is 1. The highest BCUT2D eigenvalue weighted by Crippen LogP contribution is 2.19. The van der Waals surface area contributed by atoms with Crippen molar-refractivity contribution in [2.75, 3.05) is 26.0 Å². The zero-order chi connectivity index (χ0) is 12.3. The third kappa shape index (κ3) is 2.79. The molecular formula is C12H16N2O2S. The van der Waals surface area contributed by atoms with Gasteiger partial charge < -0.3 is 10.0 Å². The molecule has 1 aromatic rings. The van der Waals surface area contributed by atoms with Crippen LogP contribution in [0.2, 0.25) is 0 Å². The third-order valence-electron chi connectivity index (χ3n) is 3.02. The molecule has 0 radical (unpaired) electrons. The fourth-order valence-electron chi connectivity index (χ4n) is 1.98. The number of thioether (sulfide) groups is 1. The number of nitrogens with zero attached hydrogens (tertiary/aromatic N) is 2. The minimum atomic E-state index is 0.0149. The van der Waals surface area contributed by atoms with E-state index in [9.17, 15) is 4.79 Å². The number of hydrogen-bond donors (Lipinski definition) is 1. The number of aliphatic hydroxyl groups excluding tert-OH is 1. The van der Waals surface area contributed by atoms with Crippen molar-refractivity contribution in [3.8, 4) is 0 Å². The Labute approximate surface area is 105 Å². The van der Waals surface area contributed by atoms with Crippen molar-refractivity contribution in [1.82, 2.24) is 9.88 Å². The molecule has 0 saturated carbocycles. The van der Waals surface area contributed by atoms with Crippen LogP contribution >= 0.6 is 11.8 Å². The van der Waals surface area contributed by atoms with Gasteiger partial charge in [0.25, 0.3) is 5.91 Å². The molecular weight excluding hydrogens is 236 g/mol. The van der Waals surface area contributed by atoms with Crippen molar-refractivity contribution < 1.29 is 9.90 Å². The Morgan fingerprint density at radius 3 is 3.00 bits per heavy atom. The zero-order valence-electron chi connectivity index (χ0n) is 9.80. The van der Waals surface area contributed by atoms with Gasteiger partial charge in [-0.05, 0) is 24.8 Å². The molecule has 1 aliphatic heterocycles. The predicted molar refractivity (Wildman–Crippen MR) is 67.1 cm³/mol. The summed E-state index contributed by atoms with van der Waals surface area (Å²) < 4.78 is 0. The van der Waals surface area contributed by atoms with Gasteiger partial charge in [-0.3, -0.25) is 4.79 Å². The van der Waals surface area contributed by atoms with E-state index in [0.29, 0.717) is 12.1 Å². The normalized spacial score (nSPS) is 19.6. The van der Waals surface area contributed by atoms with E-state index in [4.69, 9.17) is 5.11 Å². The Hall–Kier alpha value is -1.07. The highest BCUT2D eigenvalue weighted by molar-refractivity contribution is 7.98. The van der Waals surface area contributed by atoms with Gasteiger partial charge in [0.15, 0.2) is 0 Å². The summed E-state index contributed by atoms with van der Waals surface area (Å²) >= 11 is 1.56. The molecule has 0 spiro atoms. The number of amides is 1. The Bertz CT molecular complexity index is 394. The number of rotatable bonds is 3. The van der Waals surface area contributed by atoms with Crippen LogP contribution in [0.25, 0.3) is 0 Å². The van der Waals surface area contributed by atoms with E-state index in [1.807, 2.05) is 18.4 Å². The SMILES string of the molecule is CSc1ccc(C(=O)N2CCC(CO)C2)cn1. The Morgan fingerprint density at radius 1 is 1.65 bits per heavy atom. The lowest BCUT2D eigenvalue weighted by atomic mass is 10.1. The second-order valence-electron chi connectivity index (χ2n) is 4.18. The van der Waals surface area contributed by atoms with Gasteiger partial charge in [0, 0.05) is 31.8 Å². The van der Waals surface area contributed by atoms with Gasteiger partial charge in [-0.2, -0.15) is 0 Å². The summed E-state index contributed by atoms with van der Waals surface area (Å²) in [6, 6.07) is 3.67. The molecule has 17 heavy (non-hydrogen) atoms. The van der Waals surface area contributed by atoms with Crippen LogP contribution in [0.4, 0.5) is 0 Å². The monoisotopic (exact) mass is 252 g/mol. The van der Waals surface area contributed by atoms with Gasteiger partial charge in [-0.1, -0.05) is 0 Å². The number of carbonyl (C=O) groups is 1. The molecule has 92 valence electrons. The summed E-state index contributed by atoms with van der Waals surface area (Å²) in [5.74, 6) is 0.249. The van der Waals surface area contributed by atoms with Crippen molar-refractivity contribution in [1.29, 1.82) is 0 Å². The quantitative estimate of drug-likeness (QED) is 0.823. The summed E-state index contributed by atoms with van der Waals surface area (Å²) in [7, 11) is 0. The second kappa shape index (κ2) is 5.51. The molecule has 2 heterocycles. The number of likely N-dealkylation sites (tertiary alicyclic amines) is 1. The fraction of sp³-hybridized carbons (Fsp3) is 0.500. The smallest absolute Gasteiger partial charge is 0.255 e. The molecule has 1 aliphatic rings. The minimum absolute atomic E-state index is 0.0149. The molecule has 1 atom stereocenters. The largest absolute Gasteiger partial charge is 0.396 e. The molecule has 5 heteroatoms. The van der Waals surface area contributed by atoms with Gasteiger partial charge in [0.1, 0.15) is 0 Å². The molecule has 0 aliphatic carbocycles. The first-order valence-electron chi connectivity index (χ1n) is 5.64. The van der Waals surface area contributed by atoms with Crippen LogP contribution in [0.5, 0.6) is 0 Å². The minimum Gasteiger partial charge on any atom is -0.396 e. The zero-order valence-corrected chi connectivity index (χ0v) is 10.6. The van der Waals surface area contributed by atoms with Gasteiger partial charge in [0.05, 0.1) is 10.6 Å². The van der Waals surface area contributed by atoms with E-state index in [0.717, 1.165) is 18.0 Å². The van der Waals surface area contributed by atoms with E-state index >= 15 is 0 Å². The molecule has 4 nitrogen and oxygen atoms in total. The molecule has 1 fully saturated rings. The summed E-state index contributed by atoms with van der Waals surface area (Å²) in [5.41, 5.74) is 0.626. The average molecular weight is 252 g/mol. The van der Waals surface area contributed by atoms with Crippen molar-refractivity contribution in [3.05, 3.63) is 23.9 Å². The summed E-state index contributed by atoms with van der Waals surface area (Å²) in [5, 5.41) is 9.96. The molecule has 1 saturated heterocycles. The Morgan fingerprint density at radius 2 is 2.47 bits per heavy atom. The van der Waals surface area contributed by atoms with Gasteiger partial charge in [-0.15, -0.1) is 11.8 Å². The van der Waals surface area contributed by atoms with Gasteiger partial charge in [-0.25, -0.2) is 4.98 Å². The van der Waals surface area contributed by atoms with Crippen LogP contribution in [-0.4, -0.2) is 46.8 Å². The van der Waals surface area contributed by atoms with Crippen LogP contribution in [0.3, 0.4) is 0 Å². The predicted octanol–water partition coefficient (Wildman–Crippen LogP) is 1.26. The average Bonchev–Trinajstić information content (AvgIpc) is 2.87. The molecule has 2 rings (SSSR count). The maximum atomic E-state index is 12.1. The fourth-order valence-corrected chi connectivity index (χ4v) is 2.34. The van der Waals surface area contributed by atoms with E-state index in [2.05, 4.69) is 4.98 Å². The third-order valence-corrected chi connectivity index (χ3v) is 3.68. The molecule has 1 aromatic heterocycles. The first-order valence-corrected chi connectivity index (χ1v) is 6.87. The first-order chi connectivity index (χ1) is 8.24. The van der Waals surface area contributed by atoms with Crippen molar-refractivity contribution in [3.63, 3.8) is 0 Å². The standard InChI is InChI=1S/C12H16N2O2S/c1-17-11-3-2-10(6-13-11)12(16)14-5-4-9(7-14)8-15/h2-3,6,9,15H,4-5,7-8H2,1H3. The number of pyridine rings is 1. The summed E-state index contributed by atoms with van der Waals surface area (Å²) in [6.45, 7) is 1.54. The van der Waals surface area contributed by atoms with Crippen LogP contribution in [0, 0.1) is 5.92 Å². The molecule has 1 unspecified atom stereocenters. The molecule has 1 N–H and O–H groups in total. The lowest BCUT2D eigenvalue weighted by Crippen LogP contribution is -2.29. The number of aromatic nitrogens is 1. The highest BCUT2D eigenvalue weighted by Gasteiger charge is 2.26. The maximum absolute atomic E-state index is 12.1. The molecule has 1 amide bonds. The van der Waals surface area contributed by atoms with Gasteiger partial charge in [0.2, 0.25) is 0 Å². The lowest BCUT2D eigenvalue weighted by Gasteiger charge is -2.15. The van der Waals surface area contributed by atoms with E-state index in [-0.39, 0.29) is 18.4 Å². The summed E-state index contributed by atoms with van der Waals surface area (Å²) in [4.78, 5) is 18.1. The van der Waals surface area contributed by atoms with Gasteiger partial charge >= 0.3 is 0 Å². The van der Waals surface area contributed by atoms with E-state index in [1.165, 1.54) is 0 Å². The number of carbonyl (C=O) groups excluding carboxylic acids is 1. The lowest BCUT2D eigenvalue weighted by molar-refractivity contribution is 0.0781. The van der Waals surface area contributed by atoms with Crippen molar-refractivity contribution >= 4 is 17.7 Å². The van der Waals surface area contributed by atoms with Crippen LogP contribution in [0.1, 0.15) is 16.8 Å².